The van der Waals surface area contributed by atoms with Crippen LogP contribution in [0, 0.1) is 18.2 Å². The zero-order valence-electron chi connectivity index (χ0n) is 13.7. The summed E-state index contributed by atoms with van der Waals surface area (Å²) in [5.74, 6) is 0.996. The molecule has 2 aromatic rings. The summed E-state index contributed by atoms with van der Waals surface area (Å²) in [6.45, 7) is 0.105. The van der Waals surface area contributed by atoms with Crippen LogP contribution in [-0.4, -0.2) is 24.6 Å². The molecule has 0 saturated heterocycles. The highest BCUT2D eigenvalue weighted by Crippen LogP contribution is 2.15. The molecule has 0 atom stereocenters. The van der Waals surface area contributed by atoms with Crippen molar-refractivity contribution in [2.45, 2.75) is 6.42 Å². The molecule has 2 rings (SSSR count). The molecule has 6 nitrogen and oxygen atoms in total. The van der Waals surface area contributed by atoms with Gasteiger partial charge in [0.2, 0.25) is 11.8 Å². The lowest BCUT2D eigenvalue weighted by Gasteiger charge is -2.06. The molecule has 2 N–H and O–H groups in total. The van der Waals surface area contributed by atoms with Crippen molar-refractivity contribution in [3.63, 3.8) is 0 Å². The van der Waals surface area contributed by atoms with E-state index < -0.39 is 24.1 Å². The van der Waals surface area contributed by atoms with Gasteiger partial charge in [0.15, 0.2) is 0 Å². The third kappa shape index (κ3) is 5.76. The molecule has 0 heterocycles. The number of halogens is 1. The van der Waals surface area contributed by atoms with Crippen LogP contribution < -0.4 is 15.5 Å². The smallest absolute Gasteiger partial charge is 0.249 e. The molecule has 0 aliphatic carbocycles. The first kappa shape index (κ1) is 18.7. The number of terminal acetylenes is 1. The van der Waals surface area contributed by atoms with Crippen LogP contribution >= 0.6 is 0 Å². The Kier molecular flexibility index (Phi) is 6.89. The van der Waals surface area contributed by atoms with Crippen LogP contribution in [0.2, 0.25) is 0 Å². The molecule has 0 aliphatic heterocycles. The lowest BCUT2D eigenvalue weighted by atomic mass is 10.2. The molecule has 0 unspecified atom stereocenters. The number of anilines is 1. The Morgan fingerprint density at radius 2 is 1.88 bits per heavy atom. The van der Waals surface area contributed by atoms with Crippen molar-refractivity contribution < 1.29 is 18.7 Å². The minimum atomic E-state index is -0.652. The zero-order valence-corrected chi connectivity index (χ0v) is 13.7. The van der Waals surface area contributed by atoms with E-state index in [1.54, 1.807) is 30.3 Å². The van der Waals surface area contributed by atoms with E-state index in [4.69, 9.17) is 11.2 Å². The number of hydrogen-bond donors (Lipinski definition) is 2. The van der Waals surface area contributed by atoms with Gasteiger partial charge in [-0.05, 0) is 24.3 Å². The van der Waals surface area contributed by atoms with E-state index in [1.165, 1.54) is 24.4 Å². The first-order valence-electron chi connectivity index (χ1n) is 7.61. The van der Waals surface area contributed by atoms with E-state index in [-0.39, 0.29) is 12.3 Å². The van der Waals surface area contributed by atoms with Gasteiger partial charge in [0.25, 0.3) is 0 Å². The standard InChI is InChI=1S/C19H16FN3O3/c1-2-11-26-17-10-6-3-7-14(17)13-21-23-19(25)12-18(24)22-16-9-5-4-8-15(16)20/h1,3-10,13H,11-12H2,(H,22,24)(H,23,25). The van der Waals surface area contributed by atoms with E-state index in [9.17, 15) is 14.0 Å². The van der Waals surface area contributed by atoms with Gasteiger partial charge in [0, 0.05) is 5.56 Å². The summed E-state index contributed by atoms with van der Waals surface area (Å²) in [7, 11) is 0. The Morgan fingerprint density at radius 3 is 2.65 bits per heavy atom. The van der Waals surface area contributed by atoms with Gasteiger partial charge in [-0.3, -0.25) is 9.59 Å². The quantitative estimate of drug-likeness (QED) is 0.347. The van der Waals surface area contributed by atoms with Crippen LogP contribution in [0.15, 0.2) is 53.6 Å². The SMILES string of the molecule is C#CCOc1ccccc1C=NNC(=O)CC(=O)Nc1ccccc1F. The summed E-state index contributed by atoms with van der Waals surface area (Å²) in [5, 5.41) is 6.09. The summed E-state index contributed by atoms with van der Waals surface area (Å²) in [6, 6.07) is 12.7. The molecule has 0 aliphatic rings. The Hall–Kier alpha value is -3.66. The number of hydrogen-bond acceptors (Lipinski definition) is 4. The number of rotatable bonds is 7. The van der Waals surface area contributed by atoms with Gasteiger partial charge in [-0.15, -0.1) is 6.42 Å². The van der Waals surface area contributed by atoms with Crippen molar-refractivity contribution >= 4 is 23.7 Å². The van der Waals surface area contributed by atoms with E-state index >= 15 is 0 Å². The van der Waals surface area contributed by atoms with Gasteiger partial charge in [-0.1, -0.05) is 30.2 Å². The van der Waals surface area contributed by atoms with Gasteiger partial charge in [0.05, 0.1) is 11.9 Å². The van der Waals surface area contributed by atoms with Crippen LogP contribution in [-0.2, 0) is 9.59 Å². The summed E-state index contributed by atoms with van der Waals surface area (Å²) in [4.78, 5) is 23.5. The Bertz CT molecular complexity index is 859. The molecule has 0 bridgehead atoms. The zero-order chi connectivity index (χ0) is 18.8. The highest BCUT2D eigenvalue weighted by molar-refractivity contribution is 6.03. The molecule has 2 amide bonds. The molecule has 0 fully saturated rings. The molecule has 0 aromatic heterocycles. The second-order valence-corrected chi connectivity index (χ2v) is 5.03. The number of carbonyl (C=O) groups excluding carboxylic acids is 2. The second kappa shape index (κ2) is 9.59. The highest BCUT2D eigenvalue weighted by Gasteiger charge is 2.11. The largest absolute Gasteiger partial charge is 0.480 e. The number of para-hydroxylation sites is 2. The minimum absolute atomic E-state index is 0.00777. The number of amides is 2. The summed E-state index contributed by atoms with van der Waals surface area (Å²) >= 11 is 0. The molecule has 0 spiro atoms. The van der Waals surface area contributed by atoms with Crippen LogP contribution in [0.5, 0.6) is 5.75 Å². The van der Waals surface area contributed by atoms with Crippen LogP contribution in [0.1, 0.15) is 12.0 Å². The van der Waals surface area contributed by atoms with E-state index in [2.05, 4.69) is 21.8 Å². The Balaban J connectivity index is 1.87. The van der Waals surface area contributed by atoms with Crippen LogP contribution in [0.4, 0.5) is 10.1 Å². The lowest BCUT2D eigenvalue weighted by Crippen LogP contribution is -2.25. The molecule has 26 heavy (non-hydrogen) atoms. The van der Waals surface area contributed by atoms with Crippen molar-refractivity contribution in [1.29, 1.82) is 0 Å². The normalized spacial score (nSPS) is 10.2. The maximum atomic E-state index is 13.4. The fraction of sp³-hybridized carbons (Fsp3) is 0.105. The topological polar surface area (TPSA) is 79.8 Å². The summed E-state index contributed by atoms with van der Waals surface area (Å²) in [5.41, 5.74) is 2.84. The monoisotopic (exact) mass is 353 g/mol. The molecule has 132 valence electrons. The number of nitrogens with zero attached hydrogens (tertiary/aromatic N) is 1. The first-order chi connectivity index (χ1) is 12.6. The van der Waals surface area contributed by atoms with Crippen molar-refractivity contribution in [3.8, 4) is 18.1 Å². The minimum Gasteiger partial charge on any atom is -0.480 e. The number of ether oxygens (including phenoxy) is 1. The van der Waals surface area contributed by atoms with Crippen molar-refractivity contribution in [1.82, 2.24) is 5.43 Å². The highest BCUT2D eigenvalue weighted by atomic mass is 19.1. The number of hydrazone groups is 1. The van der Waals surface area contributed by atoms with E-state index in [1.807, 2.05) is 0 Å². The van der Waals surface area contributed by atoms with E-state index in [0.717, 1.165) is 0 Å². The second-order valence-electron chi connectivity index (χ2n) is 5.03. The van der Waals surface area contributed by atoms with Crippen LogP contribution in [0.3, 0.4) is 0 Å². The first-order valence-corrected chi connectivity index (χ1v) is 7.61. The van der Waals surface area contributed by atoms with Crippen molar-refractivity contribution in [3.05, 3.63) is 59.9 Å². The summed E-state index contributed by atoms with van der Waals surface area (Å²) in [6.07, 6.45) is 6.02. The van der Waals surface area contributed by atoms with Gasteiger partial charge in [0.1, 0.15) is 24.6 Å². The van der Waals surface area contributed by atoms with Gasteiger partial charge in [-0.25, -0.2) is 9.82 Å². The van der Waals surface area contributed by atoms with Gasteiger partial charge < -0.3 is 10.1 Å². The maximum Gasteiger partial charge on any atom is 0.249 e. The average Bonchev–Trinajstić information content (AvgIpc) is 2.62. The third-order valence-electron chi connectivity index (χ3n) is 3.09. The summed E-state index contributed by atoms with van der Waals surface area (Å²) < 4.78 is 18.8. The molecule has 0 saturated carbocycles. The predicted molar refractivity (Wildman–Crippen MR) is 96.2 cm³/mol. The number of carbonyl (C=O) groups is 2. The third-order valence-corrected chi connectivity index (χ3v) is 3.09. The Morgan fingerprint density at radius 1 is 1.15 bits per heavy atom. The fourth-order valence-electron chi connectivity index (χ4n) is 1.95. The molecule has 2 aromatic carbocycles. The lowest BCUT2D eigenvalue weighted by molar-refractivity contribution is -0.126. The fourth-order valence-corrected chi connectivity index (χ4v) is 1.95. The number of benzene rings is 2. The molecular weight excluding hydrogens is 337 g/mol. The maximum absolute atomic E-state index is 13.4. The van der Waals surface area contributed by atoms with Crippen LogP contribution in [0.25, 0.3) is 0 Å². The van der Waals surface area contributed by atoms with Gasteiger partial charge >= 0.3 is 0 Å². The predicted octanol–water partition coefficient (Wildman–Crippen LogP) is 2.32. The molecule has 7 heteroatoms. The van der Waals surface area contributed by atoms with Gasteiger partial charge in [-0.2, -0.15) is 5.10 Å². The van der Waals surface area contributed by atoms with Crippen molar-refractivity contribution in [2.75, 3.05) is 11.9 Å². The Labute approximate surface area is 150 Å². The van der Waals surface area contributed by atoms with E-state index in [0.29, 0.717) is 11.3 Å². The number of nitrogens with one attached hydrogen (secondary N) is 2. The average molecular weight is 353 g/mol. The van der Waals surface area contributed by atoms with Crippen molar-refractivity contribution in [2.24, 2.45) is 5.10 Å². The molecule has 0 radical (unpaired) electrons. The molecular formula is C19H16FN3O3.